The van der Waals surface area contributed by atoms with Gasteiger partial charge in [0.1, 0.15) is 11.9 Å². The summed E-state index contributed by atoms with van der Waals surface area (Å²) < 4.78 is 28.2. The van der Waals surface area contributed by atoms with Crippen molar-refractivity contribution in [2.45, 2.75) is 19.1 Å². The number of hydrogen-bond acceptors (Lipinski definition) is 4. The van der Waals surface area contributed by atoms with Gasteiger partial charge in [-0.2, -0.15) is 0 Å². The first-order chi connectivity index (χ1) is 8.00. The van der Waals surface area contributed by atoms with Crippen LogP contribution in [0, 0.1) is 0 Å². The standard InChI is InChI=1S/C11H13ClO4S/c12-9-1-2-11(8(5-9)6-13)16-10-3-4-17(14,15)7-10/h1-2,5,10,13H,3-4,6-7H2. The molecule has 2 rings (SSSR count). The molecule has 0 aromatic heterocycles. The number of hydrogen-bond donors (Lipinski definition) is 1. The molecule has 1 aromatic carbocycles. The molecule has 1 aliphatic heterocycles. The van der Waals surface area contributed by atoms with Gasteiger partial charge >= 0.3 is 0 Å². The highest BCUT2D eigenvalue weighted by atomic mass is 35.5. The highest BCUT2D eigenvalue weighted by Gasteiger charge is 2.29. The quantitative estimate of drug-likeness (QED) is 0.906. The Morgan fingerprint density at radius 3 is 2.82 bits per heavy atom. The maximum Gasteiger partial charge on any atom is 0.154 e. The van der Waals surface area contributed by atoms with Crippen LogP contribution in [0.3, 0.4) is 0 Å². The second-order valence-electron chi connectivity index (χ2n) is 4.05. The third kappa shape index (κ3) is 3.12. The van der Waals surface area contributed by atoms with E-state index in [0.717, 1.165) is 0 Å². The van der Waals surface area contributed by atoms with E-state index in [9.17, 15) is 8.42 Å². The number of aliphatic hydroxyl groups excluding tert-OH is 1. The molecule has 1 atom stereocenters. The van der Waals surface area contributed by atoms with Crippen molar-refractivity contribution < 1.29 is 18.3 Å². The summed E-state index contributed by atoms with van der Waals surface area (Å²) in [6.07, 6.45) is 0.169. The number of rotatable bonds is 3. The van der Waals surface area contributed by atoms with Crippen molar-refractivity contribution >= 4 is 21.4 Å². The molecule has 1 heterocycles. The molecule has 4 nitrogen and oxygen atoms in total. The Bertz CT molecular complexity index is 512. The van der Waals surface area contributed by atoms with Crippen molar-refractivity contribution in [2.24, 2.45) is 0 Å². The molecule has 0 aliphatic carbocycles. The van der Waals surface area contributed by atoms with Crippen LogP contribution >= 0.6 is 11.6 Å². The van der Waals surface area contributed by atoms with E-state index in [-0.39, 0.29) is 24.2 Å². The molecule has 1 aromatic rings. The average Bonchev–Trinajstić information content (AvgIpc) is 2.61. The summed E-state index contributed by atoms with van der Waals surface area (Å²) in [5.74, 6) is 0.708. The molecule has 0 spiro atoms. The number of benzene rings is 1. The van der Waals surface area contributed by atoms with Crippen LogP contribution in [-0.4, -0.2) is 31.1 Å². The number of sulfone groups is 1. The summed E-state index contributed by atoms with van der Waals surface area (Å²) in [5, 5.41) is 9.68. The van der Waals surface area contributed by atoms with Gasteiger partial charge in [-0.25, -0.2) is 8.42 Å². The van der Waals surface area contributed by atoms with E-state index in [1.807, 2.05) is 0 Å². The van der Waals surface area contributed by atoms with E-state index in [2.05, 4.69) is 0 Å². The van der Waals surface area contributed by atoms with Crippen LogP contribution in [-0.2, 0) is 16.4 Å². The zero-order valence-electron chi connectivity index (χ0n) is 9.10. The van der Waals surface area contributed by atoms with Crippen LogP contribution in [0.4, 0.5) is 0 Å². The average molecular weight is 277 g/mol. The maximum absolute atomic E-state index is 11.3. The van der Waals surface area contributed by atoms with E-state index >= 15 is 0 Å². The van der Waals surface area contributed by atoms with Gasteiger partial charge in [-0.15, -0.1) is 0 Å². The SMILES string of the molecule is O=S1(=O)CCC(Oc2ccc(Cl)cc2CO)C1. The predicted molar refractivity (Wildman–Crippen MR) is 65.1 cm³/mol. The lowest BCUT2D eigenvalue weighted by Crippen LogP contribution is -2.18. The first kappa shape index (κ1) is 12.7. The summed E-state index contributed by atoms with van der Waals surface area (Å²) in [7, 11) is -2.96. The second kappa shape index (κ2) is 4.84. The summed E-state index contributed by atoms with van der Waals surface area (Å²) in [6, 6.07) is 4.92. The normalized spacial score (nSPS) is 22.6. The van der Waals surface area contributed by atoms with Gasteiger partial charge in [0.15, 0.2) is 9.84 Å². The van der Waals surface area contributed by atoms with Gasteiger partial charge in [0.2, 0.25) is 0 Å². The predicted octanol–water partition coefficient (Wildman–Crippen LogP) is 1.40. The molecule has 1 N–H and O–H groups in total. The third-order valence-electron chi connectivity index (χ3n) is 2.68. The minimum absolute atomic E-state index is 0.0422. The summed E-state index contributed by atoms with van der Waals surface area (Å²) in [4.78, 5) is 0. The van der Waals surface area contributed by atoms with Crippen LogP contribution < -0.4 is 4.74 Å². The van der Waals surface area contributed by atoms with Gasteiger partial charge < -0.3 is 9.84 Å². The van der Waals surface area contributed by atoms with Crippen molar-refractivity contribution in [2.75, 3.05) is 11.5 Å². The fraction of sp³-hybridized carbons (Fsp3) is 0.455. The molecule has 1 aliphatic rings. The van der Waals surface area contributed by atoms with E-state index < -0.39 is 9.84 Å². The minimum Gasteiger partial charge on any atom is -0.489 e. The molecule has 1 fully saturated rings. The zero-order valence-corrected chi connectivity index (χ0v) is 10.7. The molecular weight excluding hydrogens is 264 g/mol. The molecule has 0 radical (unpaired) electrons. The van der Waals surface area contributed by atoms with Gasteiger partial charge in [-0.1, -0.05) is 11.6 Å². The molecule has 0 amide bonds. The Morgan fingerprint density at radius 2 is 2.24 bits per heavy atom. The van der Waals surface area contributed by atoms with Gasteiger partial charge in [-0.05, 0) is 24.6 Å². The minimum atomic E-state index is -2.96. The van der Waals surface area contributed by atoms with Crippen LogP contribution in [0.5, 0.6) is 5.75 Å². The van der Waals surface area contributed by atoms with Crippen molar-refractivity contribution in [3.05, 3.63) is 28.8 Å². The highest BCUT2D eigenvalue weighted by molar-refractivity contribution is 7.91. The van der Waals surface area contributed by atoms with Crippen molar-refractivity contribution in [3.8, 4) is 5.75 Å². The second-order valence-corrected chi connectivity index (χ2v) is 6.72. The molecule has 1 saturated heterocycles. The van der Waals surface area contributed by atoms with Crippen molar-refractivity contribution in [3.63, 3.8) is 0 Å². The lowest BCUT2D eigenvalue weighted by Gasteiger charge is -2.14. The lowest BCUT2D eigenvalue weighted by molar-refractivity contribution is 0.215. The Kier molecular flexibility index (Phi) is 3.61. The monoisotopic (exact) mass is 276 g/mol. The first-order valence-corrected chi connectivity index (χ1v) is 7.46. The van der Waals surface area contributed by atoms with Gasteiger partial charge in [0, 0.05) is 10.6 Å². The van der Waals surface area contributed by atoms with E-state index in [1.165, 1.54) is 0 Å². The third-order valence-corrected chi connectivity index (χ3v) is 4.65. The summed E-state index contributed by atoms with van der Waals surface area (Å²) >= 11 is 5.79. The van der Waals surface area contributed by atoms with Gasteiger partial charge in [-0.3, -0.25) is 0 Å². The number of halogens is 1. The van der Waals surface area contributed by atoms with E-state index in [0.29, 0.717) is 22.8 Å². The molecule has 17 heavy (non-hydrogen) atoms. The summed E-state index contributed by atoms with van der Waals surface area (Å²) in [5.41, 5.74) is 0.571. The van der Waals surface area contributed by atoms with Crippen LogP contribution in [0.15, 0.2) is 18.2 Å². The van der Waals surface area contributed by atoms with Gasteiger partial charge in [0.05, 0.1) is 18.1 Å². The number of ether oxygens (including phenoxy) is 1. The topological polar surface area (TPSA) is 63.6 Å². The van der Waals surface area contributed by atoms with Crippen molar-refractivity contribution in [1.29, 1.82) is 0 Å². The summed E-state index contributed by atoms with van der Waals surface area (Å²) in [6.45, 7) is -0.185. The molecule has 0 saturated carbocycles. The molecule has 1 unspecified atom stereocenters. The molecule has 6 heteroatoms. The number of aliphatic hydroxyl groups is 1. The highest BCUT2D eigenvalue weighted by Crippen LogP contribution is 2.26. The Morgan fingerprint density at radius 1 is 1.47 bits per heavy atom. The fourth-order valence-corrected chi connectivity index (χ4v) is 3.60. The fourth-order valence-electron chi connectivity index (χ4n) is 1.82. The zero-order chi connectivity index (χ0) is 12.5. The lowest BCUT2D eigenvalue weighted by atomic mass is 10.2. The maximum atomic E-state index is 11.3. The van der Waals surface area contributed by atoms with E-state index in [1.54, 1.807) is 18.2 Å². The largest absolute Gasteiger partial charge is 0.489 e. The van der Waals surface area contributed by atoms with Crippen LogP contribution in [0.25, 0.3) is 0 Å². The van der Waals surface area contributed by atoms with Crippen molar-refractivity contribution in [1.82, 2.24) is 0 Å². The van der Waals surface area contributed by atoms with Crippen LogP contribution in [0.1, 0.15) is 12.0 Å². The molecular formula is C11H13ClO4S. The van der Waals surface area contributed by atoms with Crippen LogP contribution in [0.2, 0.25) is 5.02 Å². The molecule has 0 bridgehead atoms. The molecule has 94 valence electrons. The van der Waals surface area contributed by atoms with E-state index in [4.69, 9.17) is 21.4 Å². The Hall–Kier alpha value is -0.780. The smallest absolute Gasteiger partial charge is 0.154 e. The Labute approximate surface area is 105 Å². The Balaban J connectivity index is 2.14. The first-order valence-electron chi connectivity index (χ1n) is 5.26. The van der Waals surface area contributed by atoms with Gasteiger partial charge in [0.25, 0.3) is 0 Å².